The second-order valence-corrected chi connectivity index (χ2v) is 5.35. The van der Waals surface area contributed by atoms with Crippen LogP contribution in [0.2, 0.25) is 0 Å². The molecule has 1 fully saturated rings. The molecule has 1 saturated heterocycles. The zero-order valence-corrected chi connectivity index (χ0v) is 11.3. The predicted molar refractivity (Wildman–Crippen MR) is 76.4 cm³/mol. The summed E-state index contributed by atoms with van der Waals surface area (Å²) in [5, 5.41) is 0. The van der Waals surface area contributed by atoms with Gasteiger partial charge in [-0.15, -0.1) is 0 Å². The fourth-order valence-corrected chi connectivity index (χ4v) is 2.66. The molecule has 0 saturated carbocycles. The number of piperidine rings is 1. The van der Waals surface area contributed by atoms with Crippen LogP contribution in [0, 0.1) is 0 Å². The number of hydrogen-bond acceptors (Lipinski definition) is 3. The highest BCUT2D eigenvalue weighted by atomic mass is 16.1. The van der Waals surface area contributed by atoms with Crippen molar-refractivity contribution in [2.45, 2.75) is 31.2 Å². The lowest BCUT2D eigenvalue weighted by Gasteiger charge is -2.32. The van der Waals surface area contributed by atoms with Gasteiger partial charge < -0.3 is 16.4 Å². The van der Waals surface area contributed by atoms with Crippen LogP contribution in [0.25, 0.3) is 0 Å². The minimum absolute atomic E-state index is 0.448. The van der Waals surface area contributed by atoms with Crippen molar-refractivity contribution < 1.29 is 4.79 Å². The zero-order chi connectivity index (χ0) is 13.7. The van der Waals surface area contributed by atoms with E-state index in [1.807, 2.05) is 30.3 Å². The van der Waals surface area contributed by atoms with Gasteiger partial charge in [-0.1, -0.05) is 36.8 Å². The monoisotopic (exact) mass is 261 g/mol. The fraction of sp³-hybridized carbons (Fsp3) is 0.533. The lowest BCUT2D eigenvalue weighted by atomic mass is 9.86. The van der Waals surface area contributed by atoms with Gasteiger partial charge in [0.2, 0.25) is 5.91 Å². The van der Waals surface area contributed by atoms with Crippen LogP contribution in [-0.4, -0.2) is 30.4 Å². The third kappa shape index (κ3) is 3.33. The Bertz CT molecular complexity index is 415. The number of hydrogen-bond donors (Lipinski definition) is 2. The minimum atomic E-state index is -1.06. The van der Waals surface area contributed by atoms with Crippen molar-refractivity contribution in [2.24, 2.45) is 11.5 Å². The molecule has 1 aromatic rings. The molecule has 0 spiro atoms. The molecule has 0 bridgehead atoms. The van der Waals surface area contributed by atoms with Crippen molar-refractivity contribution >= 4 is 5.91 Å². The maximum atomic E-state index is 11.8. The van der Waals surface area contributed by atoms with Crippen molar-refractivity contribution in [3.05, 3.63) is 35.9 Å². The number of primary amides is 1. The Labute approximate surface area is 114 Å². The average molecular weight is 261 g/mol. The molecule has 0 aliphatic carbocycles. The number of carbonyl (C=O) groups is 1. The SMILES string of the molecule is NC(=O)C(N)(CCN1CCCCC1)c1ccccc1. The van der Waals surface area contributed by atoms with Crippen molar-refractivity contribution in [3.63, 3.8) is 0 Å². The van der Waals surface area contributed by atoms with Gasteiger partial charge in [0.05, 0.1) is 0 Å². The molecule has 1 atom stereocenters. The largest absolute Gasteiger partial charge is 0.368 e. The van der Waals surface area contributed by atoms with E-state index in [2.05, 4.69) is 4.90 Å². The van der Waals surface area contributed by atoms with Crippen molar-refractivity contribution in [1.29, 1.82) is 0 Å². The molecule has 2 rings (SSSR count). The molecule has 4 nitrogen and oxygen atoms in total. The standard InChI is InChI=1S/C15H23N3O/c16-14(19)15(17,13-7-3-1-4-8-13)9-12-18-10-5-2-6-11-18/h1,3-4,7-8H,2,5-6,9-12,17H2,(H2,16,19). The molecule has 4 heteroatoms. The van der Waals surface area contributed by atoms with Gasteiger partial charge in [0.25, 0.3) is 0 Å². The number of carbonyl (C=O) groups excluding carboxylic acids is 1. The van der Waals surface area contributed by atoms with Crippen molar-refractivity contribution in [1.82, 2.24) is 4.90 Å². The summed E-state index contributed by atoms with van der Waals surface area (Å²) in [5.74, 6) is -0.448. The lowest BCUT2D eigenvalue weighted by molar-refractivity contribution is -0.123. The molecule has 1 heterocycles. The first kappa shape index (κ1) is 14.0. The van der Waals surface area contributed by atoms with Gasteiger partial charge in [-0.3, -0.25) is 4.79 Å². The summed E-state index contributed by atoms with van der Waals surface area (Å²) in [4.78, 5) is 14.1. The van der Waals surface area contributed by atoms with Crippen LogP contribution in [0.5, 0.6) is 0 Å². The van der Waals surface area contributed by atoms with Crippen LogP contribution in [0.15, 0.2) is 30.3 Å². The summed E-state index contributed by atoms with van der Waals surface area (Å²) in [6.07, 6.45) is 4.35. The third-order valence-electron chi connectivity index (χ3n) is 4.00. The highest BCUT2D eigenvalue weighted by Gasteiger charge is 2.34. The summed E-state index contributed by atoms with van der Waals surface area (Å²) >= 11 is 0. The number of likely N-dealkylation sites (tertiary alicyclic amines) is 1. The topological polar surface area (TPSA) is 72.3 Å². The van der Waals surface area contributed by atoms with Gasteiger partial charge in [-0.05, 0) is 37.9 Å². The maximum absolute atomic E-state index is 11.8. The summed E-state index contributed by atoms with van der Waals surface area (Å²) in [6, 6.07) is 9.44. The molecular weight excluding hydrogens is 238 g/mol. The van der Waals surface area contributed by atoms with E-state index in [4.69, 9.17) is 11.5 Å². The van der Waals surface area contributed by atoms with Gasteiger partial charge in [-0.25, -0.2) is 0 Å². The van der Waals surface area contributed by atoms with E-state index < -0.39 is 11.4 Å². The molecule has 19 heavy (non-hydrogen) atoms. The Morgan fingerprint density at radius 2 is 1.79 bits per heavy atom. The first-order valence-corrected chi connectivity index (χ1v) is 6.99. The van der Waals surface area contributed by atoms with Crippen LogP contribution in [-0.2, 0) is 10.3 Å². The molecule has 1 aliphatic heterocycles. The first-order valence-electron chi connectivity index (χ1n) is 6.99. The summed E-state index contributed by atoms with van der Waals surface area (Å²) in [6.45, 7) is 3.03. The molecule has 0 radical (unpaired) electrons. The van der Waals surface area contributed by atoms with E-state index in [9.17, 15) is 4.79 Å². The zero-order valence-electron chi connectivity index (χ0n) is 11.3. The second-order valence-electron chi connectivity index (χ2n) is 5.35. The third-order valence-corrected chi connectivity index (χ3v) is 4.00. The maximum Gasteiger partial charge on any atom is 0.242 e. The molecule has 4 N–H and O–H groups in total. The highest BCUT2D eigenvalue weighted by Crippen LogP contribution is 2.23. The van der Waals surface area contributed by atoms with Crippen molar-refractivity contribution in [3.8, 4) is 0 Å². The lowest BCUT2D eigenvalue weighted by Crippen LogP contribution is -2.51. The molecule has 104 valence electrons. The number of nitrogens with zero attached hydrogens (tertiary/aromatic N) is 1. The smallest absolute Gasteiger partial charge is 0.242 e. The van der Waals surface area contributed by atoms with Crippen molar-refractivity contribution in [2.75, 3.05) is 19.6 Å². The van der Waals surface area contributed by atoms with Crippen LogP contribution in [0.4, 0.5) is 0 Å². The van der Waals surface area contributed by atoms with Crippen LogP contribution in [0.3, 0.4) is 0 Å². The summed E-state index contributed by atoms with van der Waals surface area (Å²) in [5.41, 5.74) is 11.6. The molecule has 1 unspecified atom stereocenters. The Balaban J connectivity index is 2.05. The van der Waals surface area contributed by atoms with Gasteiger partial charge in [0, 0.05) is 6.54 Å². The van der Waals surface area contributed by atoms with E-state index >= 15 is 0 Å². The van der Waals surface area contributed by atoms with Gasteiger partial charge in [0.15, 0.2) is 0 Å². The summed E-state index contributed by atoms with van der Waals surface area (Å²) < 4.78 is 0. The van der Waals surface area contributed by atoms with Crippen LogP contribution >= 0.6 is 0 Å². The van der Waals surface area contributed by atoms with Crippen LogP contribution < -0.4 is 11.5 Å². The molecule has 1 amide bonds. The first-order chi connectivity index (χ1) is 9.13. The van der Waals surface area contributed by atoms with E-state index in [0.717, 1.165) is 25.2 Å². The molecule has 1 aliphatic rings. The van der Waals surface area contributed by atoms with E-state index in [1.165, 1.54) is 19.3 Å². The Kier molecular flexibility index (Phi) is 4.56. The van der Waals surface area contributed by atoms with E-state index in [-0.39, 0.29) is 0 Å². The molecular formula is C15H23N3O. The van der Waals surface area contributed by atoms with Gasteiger partial charge >= 0.3 is 0 Å². The number of nitrogens with two attached hydrogens (primary N) is 2. The second kappa shape index (κ2) is 6.17. The minimum Gasteiger partial charge on any atom is -0.368 e. The fourth-order valence-electron chi connectivity index (χ4n) is 2.66. The highest BCUT2D eigenvalue weighted by molar-refractivity contribution is 5.85. The molecule has 1 aromatic carbocycles. The summed E-state index contributed by atoms with van der Waals surface area (Å²) in [7, 11) is 0. The quantitative estimate of drug-likeness (QED) is 0.836. The number of benzene rings is 1. The van der Waals surface area contributed by atoms with E-state index in [1.54, 1.807) is 0 Å². The van der Waals surface area contributed by atoms with Gasteiger partial charge in [-0.2, -0.15) is 0 Å². The van der Waals surface area contributed by atoms with Gasteiger partial charge in [0.1, 0.15) is 5.54 Å². The Hall–Kier alpha value is -1.39. The normalized spacial score (nSPS) is 19.8. The number of amides is 1. The van der Waals surface area contributed by atoms with E-state index in [0.29, 0.717) is 6.42 Å². The average Bonchev–Trinajstić information content (AvgIpc) is 2.46. The van der Waals surface area contributed by atoms with Crippen LogP contribution in [0.1, 0.15) is 31.2 Å². The predicted octanol–water partition coefficient (Wildman–Crippen LogP) is 1.20. The Morgan fingerprint density at radius 3 is 2.37 bits per heavy atom. The molecule has 0 aromatic heterocycles. The number of rotatable bonds is 5. The Morgan fingerprint density at radius 1 is 1.16 bits per heavy atom.